The minimum Gasteiger partial charge on any atom is -0.367 e. The molecule has 2 aliphatic heterocycles. The second-order valence-corrected chi connectivity index (χ2v) is 6.24. The lowest BCUT2D eigenvalue weighted by Gasteiger charge is -2.24. The molecular formula is C18H19N3O2. The Morgan fingerprint density at radius 1 is 1.13 bits per heavy atom. The van der Waals surface area contributed by atoms with Crippen LogP contribution in [-0.4, -0.2) is 30.6 Å². The number of nitrogens with one attached hydrogen (secondary N) is 1. The lowest BCUT2D eigenvalue weighted by atomic mass is 10.0. The smallest absolute Gasteiger partial charge is 0.270 e. The number of non-ortho nitro benzene ring substituents is 1. The van der Waals surface area contributed by atoms with Crippen LogP contribution in [0.1, 0.15) is 12.0 Å². The summed E-state index contributed by atoms with van der Waals surface area (Å²) in [5, 5.41) is 14.4. The topological polar surface area (TPSA) is 58.4 Å². The Labute approximate surface area is 135 Å². The van der Waals surface area contributed by atoms with E-state index >= 15 is 0 Å². The summed E-state index contributed by atoms with van der Waals surface area (Å²) >= 11 is 0. The Hall–Kier alpha value is -2.40. The van der Waals surface area contributed by atoms with Crippen LogP contribution in [0.15, 0.2) is 42.5 Å². The van der Waals surface area contributed by atoms with E-state index in [-0.39, 0.29) is 10.6 Å². The van der Waals surface area contributed by atoms with Gasteiger partial charge in [-0.2, -0.15) is 0 Å². The third-order valence-corrected chi connectivity index (χ3v) is 4.87. The van der Waals surface area contributed by atoms with Crippen molar-refractivity contribution in [2.75, 3.05) is 24.5 Å². The number of nitro groups is 1. The predicted molar refractivity (Wildman–Crippen MR) is 90.9 cm³/mol. The van der Waals surface area contributed by atoms with Crippen LogP contribution >= 0.6 is 0 Å². The highest BCUT2D eigenvalue weighted by Crippen LogP contribution is 2.37. The predicted octanol–water partition coefficient (Wildman–Crippen LogP) is 2.99. The van der Waals surface area contributed by atoms with Crippen molar-refractivity contribution in [3.05, 3.63) is 58.1 Å². The van der Waals surface area contributed by atoms with Crippen molar-refractivity contribution in [1.82, 2.24) is 5.32 Å². The monoisotopic (exact) mass is 309 g/mol. The van der Waals surface area contributed by atoms with Gasteiger partial charge < -0.3 is 10.2 Å². The molecule has 1 N–H and O–H groups in total. The van der Waals surface area contributed by atoms with Gasteiger partial charge in [-0.15, -0.1) is 0 Å². The fourth-order valence-corrected chi connectivity index (χ4v) is 3.70. The number of rotatable bonds is 2. The maximum Gasteiger partial charge on any atom is 0.270 e. The highest BCUT2D eigenvalue weighted by atomic mass is 16.6. The number of fused-ring (bicyclic) bond motifs is 3. The summed E-state index contributed by atoms with van der Waals surface area (Å²) in [6.45, 7) is 3.11. The molecule has 2 aliphatic rings. The second kappa shape index (κ2) is 5.66. The van der Waals surface area contributed by atoms with Gasteiger partial charge in [0.2, 0.25) is 0 Å². The molecule has 1 saturated heterocycles. The van der Waals surface area contributed by atoms with Crippen molar-refractivity contribution in [3.8, 4) is 11.1 Å². The van der Waals surface area contributed by atoms with Gasteiger partial charge in [-0.1, -0.05) is 24.3 Å². The highest BCUT2D eigenvalue weighted by Gasteiger charge is 2.30. The van der Waals surface area contributed by atoms with E-state index in [1.807, 2.05) is 6.07 Å². The quantitative estimate of drug-likeness (QED) is 0.684. The normalized spacial score (nSPS) is 19.8. The van der Waals surface area contributed by atoms with Crippen molar-refractivity contribution in [2.24, 2.45) is 0 Å². The van der Waals surface area contributed by atoms with E-state index < -0.39 is 0 Å². The van der Waals surface area contributed by atoms with Crippen LogP contribution < -0.4 is 10.2 Å². The van der Waals surface area contributed by atoms with E-state index in [1.165, 1.54) is 23.7 Å². The molecule has 5 nitrogen and oxygen atoms in total. The maximum absolute atomic E-state index is 11.0. The lowest BCUT2D eigenvalue weighted by molar-refractivity contribution is -0.384. The van der Waals surface area contributed by atoms with Gasteiger partial charge in [-0.05, 0) is 42.1 Å². The largest absolute Gasteiger partial charge is 0.367 e. The minimum atomic E-state index is -0.340. The summed E-state index contributed by atoms with van der Waals surface area (Å²) < 4.78 is 0. The number of hydrogen-bond acceptors (Lipinski definition) is 4. The summed E-state index contributed by atoms with van der Waals surface area (Å²) in [4.78, 5) is 13.1. The Balaban J connectivity index is 1.72. The maximum atomic E-state index is 11.0. The summed E-state index contributed by atoms with van der Waals surface area (Å²) in [6, 6.07) is 13.9. The third kappa shape index (κ3) is 2.57. The zero-order chi connectivity index (χ0) is 15.8. The molecule has 4 rings (SSSR count). The Morgan fingerprint density at radius 2 is 2.00 bits per heavy atom. The van der Waals surface area contributed by atoms with E-state index in [2.05, 4.69) is 28.4 Å². The third-order valence-electron chi connectivity index (χ3n) is 4.87. The highest BCUT2D eigenvalue weighted by molar-refractivity contribution is 5.74. The van der Waals surface area contributed by atoms with Crippen LogP contribution in [0, 0.1) is 10.1 Å². The van der Waals surface area contributed by atoms with E-state index in [1.54, 1.807) is 12.1 Å². The molecule has 0 aromatic heterocycles. The minimum absolute atomic E-state index is 0.139. The summed E-state index contributed by atoms with van der Waals surface area (Å²) in [5.41, 5.74) is 4.78. The van der Waals surface area contributed by atoms with Crippen LogP contribution in [-0.2, 0) is 6.42 Å². The van der Waals surface area contributed by atoms with Crippen molar-refractivity contribution in [3.63, 3.8) is 0 Å². The number of benzene rings is 2. The Kier molecular flexibility index (Phi) is 3.50. The van der Waals surface area contributed by atoms with E-state index in [0.717, 1.165) is 37.2 Å². The molecule has 2 heterocycles. The molecule has 0 spiro atoms. The van der Waals surface area contributed by atoms with Gasteiger partial charge in [0.25, 0.3) is 5.69 Å². The zero-order valence-corrected chi connectivity index (χ0v) is 12.9. The molecule has 118 valence electrons. The van der Waals surface area contributed by atoms with Gasteiger partial charge in [0.05, 0.1) is 4.92 Å². The summed E-state index contributed by atoms with van der Waals surface area (Å²) in [5.74, 6) is 0. The molecule has 5 heteroatoms. The molecule has 0 bridgehead atoms. The molecule has 1 fully saturated rings. The van der Waals surface area contributed by atoms with Crippen LogP contribution in [0.2, 0.25) is 0 Å². The van der Waals surface area contributed by atoms with Gasteiger partial charge >= 0.3 is 0 Å². The first-order valence-corrected chi connectivity index (χ1v) is 8.07. The number of nitrogens with zero attached hydrogens (tertiary/aromatic N) is 2. The van der Waals surface area contributed by atoms with Gasteiger partial charge in [-0.3, -0.25) is 10.1 Å². The van der Waals surface area contributed by atoms with E-state index in [9.17, 15) is 10.1 Å². The fourth-order valence-electron chi connectivity index (χ4n) is 3.70. The van der Waals surface area contributed by atoms with Crippen LogP contribution in [0.5, 0.6) is 0 Å². The SMILES string of the molecule is O=[N+]([O-])c1cccc(-c2ccc3c(c2)N2CCNCCC2C3)c1. The molecule has 1 atom stereocenters. The average molecular weight is 309 g/mol. The standard InChI is InChI=1S/C18H19N3O2/c22-21(23)17-3-1-2-13(10-17)14-4-5-15-11-16-6-7-19-8-9-20(16)18(15)12-14/h1-5,10,12,16,19H,6-9,11H2. The fraction of sp³-hybridized carbons (Fsp3) is 0.333. The summed E-state index contributed by atoms with van der Waals surface area (Å²) in [7, 11) is 0. The lowest BCUT2D eigenvalue weighted by Crippen LogP contribution is -2.32. The molecule has 2 aromatic carbocycles. The van der Waals surface area contributed by atoms with Crippen molar-refractivity contribution >= 4 is 11.4 Å². The van der Waals surface area contributed by atoms with Crippen LogP contribution in [0.3, 0.4) is 0 Å². The van der Waals surface area contributed by atoms with E-state index in [0.29, 0.717) is 6.04 Å². The van der Waals surface area contributed by atoms with Gasteiger partial charge in [0, 0.05) is 37.0 Å². The van der Waals surface area contributed by atoms with Gasteiger partial charge in [-0.25, -0.2) is 0 Å². The zero-order valence-electron chi connectivity index (χ0n) is 12.9. The second-order valence-electron chi connectivity index (χ2n) is 6.24. The van der Waals surface area contributed by atoms with Crippen molar-refractivity contribution < 1.29 is 4.92 Å². The molecule has 1 unspecified atom stereocenters. The van der Waals surface area contributed by atoms with E-state index in [4.69, 9.17) is 0 Å². The van der Waals surface area contributed by atoms with Crippen LogP contribution in [0.4, 0.5) is 11.4 Å². The Morgan fingerprint density at radius 3 is 2.87 bits per heavy atom. The molecular weight excluding hydrogens is 290 g/mol. The number of anilines is 1. The average Bonchev–Trinajstić information content (AvgIpc) is 2.75. The van der Waals surface area contributed by atoms with Crippen LogP contribution in [0.25, 0.3) is 11.1 Å². The Bertz CT molecular complexity index is 760. The van der Waals surface area contributed by atoms with Gasteiger partial charge in [0.15, 0.2) is 0 Å². The first-order valence-electron chi connectivity index (χ1n) is 8.07. The van der Waals surface area contributed by atoms with Gasteiger partial charge in [0.1, 0.15) is 0 Å². The molecule has 23 heavy (non-hydrogen) atoms. The molecule has 0 amide bonds. The van der Waals surface area contributed by atoms with Crippen molar-refractivity contribution in [1.29, 1.82) is 0 Å². The molecule has 0 saturated carbocycles. The molecule has 0 aliphatic carbocycles. The number of nitro benzene ring substituents is 1. The summed E-state index contributed by atoms with van der Waals surface area (Å²) in [6.07, 6.45) is 2.27. The first-order chi connectivity index (χ1) is 11.2. The van der Waals surface area contributed by atoms with Crippen molar-refractivity contribution in [2.45, 2.75) is 18.9 Å². The molecule has 2 aromatic rings. The first kappa shape index (κ1) is 14.2. The molecule has 0 radical (unpaired) electrons. The number of hydrogen-bond donors (Lipinski definition) is 1.